The fourth-order valence-corrected chi connectivity index (χ4v) is 1.99. The topological polar surface area (TPSA) is 38.7 Å². The van der Waals surface area contributed by atoms with E-state index < -0.39 is 5.60 Å². The summed E-state index contributed by atoms with van der Waals surface area (Å²) in [7, 11) is 0. The zero-order valence-corrected chi connectivity index (χ0v) is 7.79. The fourth-order valence-electron chi connectivity index (χ4n) is 1.99. The summed E-state index contributed by atoms with van der Waals surface area (Å²) in [6.45, 7) is 2.16. The van der Waals surface area contributed by atoms with Gasteiger partial charge in [-0.3, -0.25) is 0 Å². The van der Waals surface area contributed by atoms with Crippen LogP contribution in [0.2, 0.25) is 0 Å². The molecule has 1 saturated heterocycles. The first-order valence-corrected chi connectivity index (χ1v) is 4.92. The van der Waals surface area contributed by atoms with Crippen molar-refractivity contribution in [2.75, 3.05) is 19.8 Å². The highest BCUT2D eigenvalue weighted by Gasteiger charge is 2.34. The van der Waals surface area contributed by atoms with Gasteiger partial charge in [0.2, 0.25) is 0 Å². The second-order valence-corrected chi connectivity index (χ2v) is 3.76. The quantitative estimate of drug-likeness (QED) is 0.666. The van der Waals surface area contributed by atoms with Gasteiger partial charge < -0.3 is 14.6 Å². The predicted octanol–water partition coefficient (Wildman–Crippen LogP) is 1.22. The van der Waals surface area contributed by atoms with E-state index in [1.165, 1.54) is 0 Å². The van der Waals surface area contributed by atoms with Crippen LogP contribution < -0.4 is 0 Å². The molecule has 0 amide bonds. The molecule has 1 fully saturated rings. The number of rotatable bonds is 1. The molecule has 3 nitrogen and oxygen atoms in total. The first-order chi connectivity index (χ1) is 6.31. The highest BCUT2D eigenvalue weighted by molar-refractivity contribution is 5.17. The zero-order valence-electron chi connectivity index (χ0n) is 7.79. The molecule has 2 aliphatic rings. The van der Waals surface area contributed by atoms with Crippen molar-refractivity contribution in [3.8, 4) is 0 Å². The Hall–Kier alpha value is -0.540. The lowest BCUT2D eigenvalue weighted by Crippen LogP contribution is -2.30. The van der Waals surface area contributed by atoms with Crippen molar-refractivity contribution in [1.82, 2.24) is 0 Å². The van der Waals surface area contributed by atoms with Gasteiger partial charge in [-0.2, -0.15) is 0 Å². The van der Waals surface area contributed by atoms with Gasteiger partial charge in [0.15, 0.2) is 0 Å². The van der Waals surface area contributed by atoms with E-state index in [1.807, 2.05) is 0 Å². The summed E-state index contributed by atoms with van der Waals surface area (Å²) in [6, 6.07) is 0. The summed E-state index contributed by atoms with van der Waals surface area (Å²) in [6.07, 6.45) is 5.06. The highest BCUT2D eigenvalue weighted by Crippen LogP contribution is 2.33. The molecule has 2 aliphatic heterocycles. The average molecular weight is 184 g/mol. The number of hydrogen-bond acceptors (Lipinski definition) is 3. The van der Waals surface area contributed by atoms with E-state index in [1.54, 1.807) is 6.26 Å². The Morgan fingerprint density at radius 3 is 2.92 bits per heavy atom. The summed E-state index contributed by atoms with van der Waals surface area (Å²) in [4.78, 5) is 0. The van der Waals surface area contributed by atoms with Crippen molar-refractivity contribution in [3.63, 3.8) is 0 Å². The molecule has 13 heavy (non-hydrogen) atoms. The minimum absolute atomic E-state index is 0.646. The van der Waals surface area contributed by atoms with E-state index in [4.69, 9.17) is 9.47 Å². The van der Waals surface area contributed by atoms with Gasteiger partial charge in [0, 0.05) is 26.1 Å². The molecule has 1 N–H and O–H groups in total. The Morgan fingerprint density at radius 1 is 1.23 bits per heavy atom. The molecule has 0 radical (unpaired) electrons. The van der Waals surface area contributed by atoms with Crippen LogP contribution in [0.25, 0.3) is 0 Å². The lowest BCUT2D eigenvalue weighted by atomic mass is 9.86. The third-order valence-corrected chi connectivity index (χ3v) is 2.85. The van der Waals surface area contributed by atoms with Crippen LogP contribution in [-0.2, 0) is 9.47 Å². The summed E-state index contributed by atoms with van der Waals surface area (Å²) in [5.41, 5.74) is 0.408. The molecule has 3 heteroatoms. The standard InChI is InChI=1S/C10H16O3/c11-10(9-2-6-13-8-9)3-1-5-12-7-4-10/h8,11H,1-7H2. The van der Waals surface area contributed by atoms with Crippen molar-refractivity contribution in [1.29, 1.82) is 0 Å². The molecule has 2 rings (SSSR count). The van der Waals surface area contributed by atoms with Crippen molar-refractivity contribution in [2.24, 2.45) is 0 Å². The maximum atomic E-state index is 10.3. The van der Waals surface area contributed by atoms with Crippen LogP contribution in [0.15, 0.2) is 11.8 Å². The Kier molecular flexibility index (Phi) is 2.56. The molecular formula is C10H16O3. The summed E-state index contributed by atoms with van der Waals surface area (Å²) >= 11 is 0. The van der Waals surface area contributed by atoms with Gasteiger partial charge >= 0.3 is 0 Å². The first kappa shape index (κ1) is 9.03. The molecule has 1 atom stereocenters. The predicted molar refractivity (Wildman–Crippen MR) is 48.3 cm³/mol. The van der Waals surface area contributed by atoms with Gasteiger partial charge in [0.1, 0.15) is 0 Å². The van der Waals surface area contributed by atoms with E-state index >= 15 is 0 Å². The van der Waals surface area contributed by atoms with Gasteiger partial charge in [0.25, 0.3) is 0 Å². The average Bonchev–Trinajstić information content (AvgIpc) is 2.57. The summed E-state index contributed by atoms with van der Waals surface area (Å²) in [5, 5.41) is 10.3. The van der Waals surface area contributed by atoms with Crippen LogP contribution in [0.3, 0.4) is 0 Å². The van der Waals surface area contributed by atoms with Gasteiger partial charge in [-0.25, -0.2) is 0 Å². The Bertz CT molecular complexity index is 202. The molecule has 0 spiro atoms. The minimum Gasteiger partial charge on any atom is -0.501 e. The molecule has 0 aromatic carbocycles. The van der Waals surface area contributed by atoms with E-state index in [0.29, 0.717) is 13.0 Å². The molecule has 0 aliphatic carbocycles. The van der Waals surface area contributed by atoms with E-state index in [9.17, 15) is 5.11 Å². The van der Waals surface area contributed by atoms with Crippen LogP contribution in [-0.4, -0.2) is 30.5 Å². The van der Waals surface area contributed by atoms with Crippen LogP contribution in [0, 0.1) is 0 Å². The zero-order chi connectivity index (χ0) is 9.15. The largest absolute Gasteiger partial charge is 0.501 e. The minimum atomic E-state index is -0.646. The van der Waals surface area contributed by atoms with E-state index in [2.05, 4.69) is 0 Å². The number of ether oxygens (including phenoxy) is 2. The second kappa shape index (κ2) is 3.68. The molecule has 0 aromatic rings. The Morgan fingerprint density at radius 2 is 2.15 bits per heavy atom. The summed E-state index contributed by atoms with van der Waals surface area (Å²) < 4.78 is 10.5. The third-order valence-electron chi connectivity index (χ3n) is 2.85. The van der Waals surface area contributed by atoms with Crippen molar-refractivity contribution in [3.05, 3.63) is 11.8 Å². The SMILES string of the molecule is OC1(C2=COCC2)CCCOCC1. The molecular weight excluding hydrogens is 168 g/mol. The van der Waals surface area contributed by atoms with Crippen molar-refractivity contribution < 1.29 is 14.6 Å². The first-order valence-electron chi connectivity index (χ1n) is 4.92. The van der Waals surface area contributed by atoms with Crippen LogP contribution in [0.4, 0.5) is 0 Å². The lowest BCUT2D eigenvalue weighted by molar-refractivity contribution is 0.0505. The summed E-state index contributed by atoms with van der Waals surface area (Å²) in [5.74, 6) is 0. The van der Waals surface area contributed by atoms with Crippen LogP contribution >= 0.6 is 0 Å². The van der Waals surface area contributed by atoms with E-state index in [0.717, 1.165) is 38.0 Å². The molecule has 1 unspecified atom stereocenters. The Labute approximate surface area is 78.3 Å². The van der Waals surface area contributed by atoms with Crippen molar-refractivity contribution in [2.45, 2.75) is 31.3 Å². The van der Waals surface area contributed by atoms with Gasteiger partial charge in [-0.05, 0) is 18.4 Å². The highest BCUT2D eigenvalue weighted by atomic mass is 16.5. The Balaban J connectivity index is 2.07. The smallest absolute Gasteiger partial charge is 0.0913 e. The normalized spacial score (nSPS) is 35.0. The maximum Gasteiger partial charge on any atom is 0.0913 e. The molecule has 2 heterocycles. The monoisotopic (exact) mass is 184 g/mol. The van der Waals surface area contributed by atoms with Gasteiger partial charge in [0.05, 0.1) is 18.5 Å². The third kappa shape index (κ3) is 1.86. The van der Waals surface area contributed by atoms with E-state index in [-0.39, 0.29) is 0 Å². The van der Waals surface area contributed by atoms with Crippen LogP contribution in [0.1, 0.15) is 25.7 Å². The van der Waals surface area contributed by atoms with Crippen LogP contribution in [0.5, 0.6) is 0 Å². The molecule has 74 valence electrons. The number of aliphatic hydroxyl groups is 1. The van der Waals surface area contributed by atoms with Gasteiger partial charge in [-0.15, -0.1) is 0 Å². The fraction of sp³-hybridized carbons (Fsp3) is 0.800. The molecule has 0 aromatic heterocycles. The number of hydrogen-bond donors (Lipinski definition) is 1. The van der Waals surface area contributed by atoms with Gasteiger partial charge in [-0.1, -0.05) is 0 Å². The second-order valence-electron chi connectivity index (χ2n) is 3.76. The maximum absolute atomic E-state index is 10.3. The molecule has 0 saturated carbocycles. The molecule has 0 bridgehead atoms. The van der Waals surface area contributed by atoms with Crippen molar-refractivity contribution >= 4 is 0 Å². The lowest BCUT2D eigenvalue weighted by Gasteiger charge is -2.26.